The van der Waals surface area contributed by atoms with Gasteiger partial charge in [-0.3, -0.25) is 5.32 Å². The number of phenolic OH excluding ortho intramolecular Hbond substituents is 1. The summed E-state index contributed by atoms with van der Waals surface area (Å²) >= 11 is 1.44. The quantitative estimate of drug-likeness (QED) is 0.627. The zero-order chi connectivity index (χ0) is 13.1. The van der Waals surface area contributed by atoms with E-state index in [-0.39, 0.29) is 5.75 Å². The summed E-state index contributed by atoms with van der Waals surface area (Å²) in [5.41, 5.74) is 0.102. The molecule has 0 unspecified atom stereocenters. The predicted molar refractivity (Wildman–Crippen MR) is 69.7 cm³/mol. The van der Waals surface area contributed by atoms with Crippen molar-refractivity contribution in [1.82, 2.24) is 0 Å². The van der Waals surface area contributed by atoms with E-state index in [0.717, 1.165) is 4.90 Å². The summed E-state index contributed by atoms with van der Waals surface area (Å²) in [5.74, 6) is 0.170. The SMILES string of the molecule is CSc1cc(O)ccc1NC(=O)OC(C)(C)C. The van der Waals surface area contributed by atoms with Crippen molar-refractivity contribution >= 4 is 23.5 Å². The fourth-order valence-corrected chi connectivity index (χ4v) is 1.77. The van der Waals surface area contributed by atoms with Gasteiger partial charge in [-0.05, 0) is 45.2 Å². The summed E-state index contributed by atoms with van der Waals surface area (Å²) in [6.07, 6.45) is 1.37. The van der Waals surface area contributed by atoms with Crippen LogP contribution in [0.4, 0.5) is 10.5 Å². The highest BCUT2D eigenvalue weighted by Gasteiger charge is 2.17. The molecular formula is C12H17NO3S. The molecule has 94 valence electrons. The Hall–Kier alpha value is -1.36. The third-order valence-corrected chi connectivity index (χ3v) is 2.60. The highest BCUT2D eigenvalue weighted by Crippen LogP contribution is 2.29. The molecule has 0 heterocycles. The van der Waals surface area contributed by atoms with Crippen molar-refractivity contribution < 1.29 is 14.6 Å². The fraction of sp³-hybridized carbons (Fsp3) is 0.417. The van der Waals surface area contributed by atoms with Crippen molar-refractivity contribution in [2.45, 2.75) is 31.3 Å². The standard InChI is InChI=1S/C12H17NO3S/c1-12(2,3)16-11(15)13-9-6-5-8(14)7-10(9)17-4/h5-7,14H,1-4H3,(H,13,15). The first kappa shape index (κ1) is 13.7. The van der Waals surface area contributed by atoms with E-state index in [0.29, 0.717) is 5.69 Å². The first-order chi connectivity index (χ1) is 7.81. The van der Waals surface area contributed by atoms with Crippen LogP contribution in [-0.2, 0) is 4.74 Å². The molecule has 0 radical (unpaired) electrons. The Balaban J connectivity index is 2.78. The van der Waals surface area contributed by atoms with Crippen LogP contribution in [0.15, 0.2) is 23.1 Å². The predicted octanol–water partition coefficient (Wildman–Crippen LogP) is 3.46. The maximum Gasteiger partial charge on any atom is 0.412 e. The first-order valence-corrected chi connectivity index (χ1v) is 6.41. The van der Waals surface area contributed by atoms with Crippen molar-refractivity contribution in [3.8, 4) is 5.75 Å². The Kier molecular flexibility index (Phi) is 4.28. The van der Waals surface area contributed by atoms with Gasteiger partial charge < -0.3 is 9.84 Å². The number of phenols is 1. The minimum atomic E-state index is -0.527. The second-order valence-electron chi connectivity index (χ2n) is 4.51. The molecule has 1 rings (SSSR count). The summed E-state index contributed by atoms with van der Waals surface area (Å²) in [5, 5.41) is 12.0. The normalized spacial score (nSPS) is 11.1. The molecule has 1 aromatic rings. The summed E-state index contributed by atoms with van der Waals surface area (Å²) in [6.45, 7) is 5.41. The van der Waals surface area contributed by atoms with Crippen molar-refractivity contribution in [2.24, 2.45) is 0 Å². The van der Waals surface area contributed by atoms with Gasteiger partial charge in [0.05, 0.1) is 5.69 Å². The Bertz CT molecular complexity index is 413. The van der Waals surface area contributed by atoms with Gasteiger partial charge in [-0.2, -0.15) is 0 Å². The number of nitrogens with one attached hydrogen (secondary N) is 1. The molecule has 0 aromatic heterocycles. The van der Waals surface area contributed by atoms with Crippen LogP contribution in [-0.4, -0.2) is 23.1 Å². The molecule has 1 aromatic carbocycles. The maximum atomic E-state index is 11.6. The van der Waals surface area contributed by atoms with Crippen LogP contribution >= 0.6 is 11.8 Å². The largest absolute Gasteiger partial charge is 0.508 e. The van der Waals surface area contributed by atoms with Crippen molar-refractivity contribution in [1.29, 1.82) is 0 Å². The third kappa shape index (κ3) is 4.56. The second-order valence-corrected chi connectivity index (χ2v) is 5.36. The Morgan fingerprint density at radius 1 is 1.41 bits per heavy atom. The number of amides is 1. The van der Waals surface area contributed by atoms with Gasteiger partial charge in [-0.15, -0.1) is 11.8 Å². The molecule has 0 aliphatic heterocycles. The number of anilines is 1. The van der Waals surface area contributed by atoms with Crippen LogP contribution in [0, 0.1) is 0 Å². The molecule has 0 saturated carbocycles. The van der Waals surface area contributed by atoms with Crippen molar-refractivity contribution in [2.75, 3.05) is 11.6 Å². The number of rotatable bonds is 2. The minimum Gasteiger partial charge on any atom is -0.508 e. The van der Waals surface area contributed by atoms with E-state index in [1.165, 1.54) is 17.8 Å². The van der Waals surface area contributed by atoms with E-state index < -0.39 is 11.7 Å². The lowest BCUT2D eigenvalue weighted by Crippen LogP contribution is -2.27. The molecule has 5 heteroatoms. The summed E-state index contributed by atoms with van der Waals surface area (Å²) in [4.78, 5) is 12.4. The monoisotopic (exact) mass is 255 g/mol. The molecule has 17 heavy (non-hydrogen) atoms. The lowest BCUT2D eigenvalue weighted by atomic mass is 10.2. The zero-order valence-corrected chi connectivity index (χ0v) is 11.2. The molecule has 0 atom stereocenters. The van der Waals surface area contributed by atoms with E-state index in [1.807, 2.05) is 6.26 Å². The summed E-state index contributed by atoms with van der Waals surface area (Å²) in [7, 11) is 0. The van der Waals surface area contributed by atoms with Crippen molar-refractivity contribution in [3.63, 3.8) is 0 Å². The summed E-state index contributed by atoms with van der Waals surface area (Å²) in [6, 6.07) is 4.76. The first-order valence-electron chi connectivity index (χ1n) is 5.19. The number of hydrogen-bond donors (Lipinski definition) is 2. The summed E-state index contributed by atoms with van der Waals surface area (Å²) < 4.78 is 5.15. The number of hydrogen-bond acceptors (Lipinski definition) is 4. The lowest BCUT2D eigenvalue weighted by Gasteiger charge is -2.20. The smallest absolute Gasteiger partial charge is 0.412 e. The highest BCUT2D eigenvalue weighted by atomic mass is 32.2. The van der Waals surface area contributed by atoms with Crippen LogP contribution in [0.2, 0.25) is 0 Å². The van der Waals surface area contributed by atoms with Gasteiger partial charge in [0.15, 0.2) is 0 Å². The molecule has 4 nitrogen and oxygen atoms in total. The lowest BCUT2D eigenvalue weighted by molar-refractivity contribution is 0.0635. The average molecular weight is 255 g/mol. The topological polar surface area (TPSA) is 58.6 Å². The van der Waals surface area contributed by atoms with Gasteiger partial charge in [-0.25, -0.2) is 4.79 Å². The molecule has 0 bridgehead atoms. The van der Waals surface area contributed by atoms with Crippen molar-refractivity contribution in [3.05, 3.63) is 18.2 Å². The van der Waals surface area contributed by atoms with Gasteiger partial charge in [0.2, 0.25) is 0 Å². The van der Waals surface area contributed by atoms with Gasteiger partial charge in [-0.1, -0.05) is 0 Å². The molecule has 2 N–H and O–H groups in total. The molecule has 0 aliphatic carbocycles. The Morgan fingerprint density at radius 2 is 2.06 bits per heavy atom. The number of thioether (sulfide) groups is 1. The number of benzene rings is 1. The van der Waals surface area contributed by atoms with Gasteiger partial charge >= 0.3 is 6.09 Å². The van der Waals surface area contributed by atoms with Crippen LogP contribution < -0.4 is 5.32 Å². The second kappa shape index (κ2) is 5.31. The van der Waals surface area contributed by atoms with Crippen LogP contribution in [0.1, 0.15) is 20.8 Å². The molecule has 0 aliphatic rings. The Labute approximate surface area is 105 Å². The van der Waals surface area contributed by atoms with Crippen LogP contribution in [0.5, 0.6) is 5.75 Å². The average Bonchev–Trinajstić information content (AvgIpc) is 2.17. The van der Waals surface area contributed by atoms with E-state index in [4.69, 9.17) is 4.74 Å². The fourth-order valence-electron chi connectivity index (χ4n) is 1.20. The number of aromatic hydroxyl groups is 1. The Morgan fingerprint density at radius 3 is 2.59 bits per heavy atom. The van der Waals surface area contributed by atoms with Gasteiger partial charge in [0, 0.05) is 4.90 Å². The van der Waals surface area contributed by atoms with Crippen LogP contribution in [0.3, 0.4) is 0 Å². The van der Waals surface area contributed by atoms with E-state index in [1.54, 1.807) is 32.9 Å². The molecular weight excluding hydrogens is 238 g/mol. The number of carbonyl (C=O) groups excluding carboxylic acids is 1. The zero-order valence-electron chi connectivity index (χ0n) is 10.4. The molecule has 0 saturated heterocycles. The minimum absolute atomic E-state index is 0.170. The van der Waals surface area contributed by atoms with E-state index in [2.05, 4.69) is 5.32 Å². The highest BCUT2D eigenvalue weighted by molar-refractivity contribution is 7.98. The van der Waals surface area contributed by atoms with Gasteiger partial charge in [0.25, 0.3) is 0 Å². The van der Waals surface area contributed by atoms with Gasteiger partial charge in [0.1, 0.15) is 11.4 Å². The molecule has 0 spiro atoms. The number of carbonyl (C=O) groups is 1. The van der Waals surface area contributed by atoms with E-state index >= 15 is 0 Å². The molecule has 1 amide bonds. The number of ether oxygens (including phenoxy) is 1. The van der Waals surface area contributed by atoms with E-state index in [9.17, 15) is 9.90 Å². The maximum absolute atomic E-state index is 11.6. The van der Waals surface area contributed by atoms with Crippen LogP contribution in [0.25, 0.3) is 0 Å². The third-order valence-electron chi connectivity index (χ3n) is 1.82. The molecule has 0 fully saturated rings.